The van der Waals surface area contributed by atoms with Crippen LogP contribution in [-0.2, 0) is 0 Å². The number of carbonyl (C=O) groups is 1. The maximum atomic E-state index is 11.6. The number of hydrogen-bond donors (Lipinski definition) is 2. The summed E-state index contributed by atoms with van der Waals surface area (Å²) in [7, 11) is 0. The topological polar surface area (TPSA) is 41.1 Å². The Morgan fingerprint density at radius 1 is 0.933 bits per heavy atom. The van der Waals surface area contributed by atoms with Crippen LogP contribution in [0.15, 0.2) is 0 Å². The first kappa shape index (κ1) is 10.8. The molecule has 15 heavy (non-hydrogen) atoms. The summed E-state index contributed by atoms with van der Waals surface area (Å²) in [5, 5.41) is 6.08. The highest BCUT2D eigenvalue weighted by Crippen LogP contribution is 2.28. The van der Waals surface area contributed by atoms with Crippen molar-refractivity contribution in [2.75, 3.05) is 0 Å². The van der Waals surface area contributed by atoms with Crippen LogP contribution in [0.25, 0.3) is 0 Å². The molecule has 0 heterocycles. The summed E-state index contributed by atoms with van der Waals surface area (Å²) in [5.41, 5.74) is 0. The van der Waals surface area contributed by atoms with E-state index in [1.807, 2.05) is 0 Å². The van der Waals surface area contributed by atoms with E-state index in [1.54, 1.807) is 0 Å². The lowest BCUT2D eigenvalue weighted by molar-refractivity contribution is 0.213. The summed E-state index contributed by atoms with van der Waals surface area (Å²) in [6, 6.07) is 0.898. The normalized spacial score (nSPS) is 36.0. The van der Waals surface area contributed by atoms with Crippen molar-refractivity contribution in [2.45, 2.75) is 58.0 Å². The zero-order chi connectivity index (χ0) is 10.8. The smallest absolute Gasteiger partial charge is 0.315 e. The van der Waals surface area contributed by atoms with E-state index >= 15 is 0 Å². The van der Waals surface area contributed by atoms with Gasteiger partial charge in [0.25, 0.3) is 0 Å². The van der Waals surface area contributed by atoms with Crippen LogP contribution in [0.2, 0.25) is 0 Å². The van der Waals surface area contributed by atoms with E-state index in [0.717, 1.165) is 37.5 Å². The summed E-state index contributed by atoms with van der Waals surface area (Å²) in [6.07, 6.45) is 5.91. The van der Waals surface area contributed by atoms with Crippen LogP contribution < -0.4 is 10.6 Å². The van der Waals surface area contributed by atoms with Gasteiger partial charge in [0.05, 0.1) is 0 Å². The van der Waals surface area contributed by atoms with Crippen LogP contribution in [0.1, 0.15) is 46.0 Å². The van der Waals surface area contributed by atoms with Gasteiger partial charge in [-0.15, -0.1) is 0 Å². The Bertz CT molecular complexity index is 228. The number of urea groups is 1. The molecule has 0 aromatic carbocycles. The van der Waals surface area contributed by atoms with Gasteiger partial charge in [0.15, 0.2) is 0 Å². The predicted octanol–water partition coefficient (Wildman–Crippen LogP) is 2.27. The lowest BCUT2D eigenvalue weighted by Crippen LogP contribution is -2.45. The van der Waals surface area contributed by atoms with Gasteiger partial charge < -0.3 is 10.6 Å². The van der Waals surface area contributed by atoms with Crippen molar-refractivity contribution in [1.82, 2.24) is 10.6 Å². The molecule has 3 nitrogen and oxygen atoms in total. The molecule has 2 aliphatic carbocycles. The highest BCUT2D eigenvalue weighted by Gasteiger charge is 2.27. The van der Waals surface area contributed by atoms with Crippen LogP contribution >= 0.6 is 0 Å². The Morgan fingerprint density at radius 2 is 1.47 bits per heavy atom. The number of hydrogen-bond acceptors (Lipinski definition) is 1. The van der Waals surface area contributed by atoms with Crippen LogP contribution in [-0.4, -0.2) is 18.1 Å². The molecule has 2 rings (SSSR count). The highest BCUT2D eigenvalue weighted by atomic mass is 16.2. The summed E-state index contributed by atoms with van der Waals surface area (Å²) >= 11 is 0. The first-order chi connectivity index (χ1) is 7.13. The van der Waals surface area contributed by atoms with Crippen molar-refractivity contribution < 1.29 is 4.79 Å². The van der Waals surface area contributed by atoms with Crippen molar-refractivity contribution in [2.24, 2.45) is 11.8 Å². The van der Waals surface area contributed by atoms with Crippen molar-refractivity contribution in [1.29, 1.82) is 0 Å². The minimum atomic E-state index is 0.0452. The maximum Gasteiger partial charge on any atom is 0.315 e. The van der Waals surface area contributed by atoms with Gasteiger partial charge in [-0.1, -0.05) is 13.8 Å². The number of nitrogens with one attached hydrogen (secondary N) is 2. The molecular weight excluding hydrogens is 188 g/mol. The third-order valence-corrected chi connectivity index (χ3v) is 3.43. The van der Waals surface area contributed by atoms with Gasteiger partial charge in [-0.25, -0.2) is 4.79 Å². The summed E-state index contributed by atoms with van der Waals surface area (Å²) in [6.45, 7) is 4.56. The summed E-state index contributed by atoms with van der Waals surface area (Å²) in [4.78, 5) is 11.6. The fourth-order valence-corrected chi connectivity index (χ4v) is 2.70. The molecule has 2 atom stereocenters. The van der Waals surface area contributed by atoms with Gasteiger partial charge in [-0.2, -0.15) is 0 Å². The van der Waals surface area contributed by atoms with Crippen molar-refractivity contribution in [3.8, 4) is 0 Å². The van der Waals surface area contributed by atoms with E-state index in [2.05, 4.69) is 24.5 Å². The zero-order valence-electron chi connectivity index (χ0n) is 9.75. The molecule has 0 saturated heterocycles. The second-order valence-electron chi connectivity index (χ2n) is 5.51. The Hall–Kier alpha value is -0.730. The second-order valence-corrected chi connectivity index (χ2v) is 5.51. The molecule has 2 unspecified atom stereocenters. The Morgan fingerprint density at radius 3 is 2.00 bits per heavy atom. The molecule has 0 aliphatic heterocycles. The number of rotatable bonds is 2. The van der Waals surface area contributed by atoms with Gasteiger partial charge in [0, 0.05) is 12.1 Å². The number of carbonyl (C=O) groups excluding carboxylic acids is 1. The van der Waals surface area contributed by atoms with E-state index in [-0.39, 0.29) is 6.03 Å². The van der Waals surface area contributed by atoms with Crippen LogP contribution in [0.4, 0.5) is 4.79 Å². The van der Waals surface area contributed by atoms with Crippen molar-refractivity contribution in [3.63, 3.8) is 0 Å². The highest BCUT2D eigenvalue weighted by molar-refractivity contribution is 5.74. The van der Waals surface area contributed by atoms with Gasteiger partial charge in [-0.05, 0) is 43.9 Å². The predicted molar refractivity (Wildman–Crippen MR) is 60.7 cm³/mol. The van der Waals surface area contributed by atoms with Crippen LogP contribution in [0.3, 0.4) is 0 Å². The van der Waals surface area contributed by atoms with Crippen molar-refractivity contribution in [3.05, 3.63) is 0 Å². The van der Waals surface area contributed by atoms with Gasteiger partial charge in [0.2, 0.25) is 0 Å². The first-order valence-electron chi connectivity index (χ1n) is 6.20. The molecule has 2 N–H and O–H groups in total. The second kappa shape index (κ2) is 4.42. The monoisotopic (exact) mass is 210 g/mol. The minimum Gasteiger partial charge on any atom is -0.335 e. The first-order valence-corrected chi connectivity index (χ1v) is 6.20. The van der Waals surface area contributed by atoms with E-state index in [1.165, 1.54) is 6.42 Å². The van der Waals surface area contributed by atoms with E-state index in [9.17, 15) is 4.79 Å². The molecule has 0 radical (unpaired) electrons. The molecule has 0 spiro atoms. The summed E-state index contributed by atoms with van der Waals surface area (Å²) in [5.74, 6) is 1.50. The minimum absolute atomic E-state index is 0.0452. The van der Waals surface area contributed by atoms with E-state index in [0.29, 0.717) is 12.1 Å². The quantitative estimate of drug-likeness (QED) is 0.721. The third kappa shape index (κ3) is 3.40. The SMILES string of the molecule is CC1CC(C)CC(NC(=O)NC2CC2)C1. The average Bonchev–Trinajstić information content (AvgIpc) is 2.85. The molecule has 2 fully saturated rings. The Labute approximate surface area is 92.0 Å². The fourth-order valence-electron chi connectivity index (χ4n) is 2.70. The molecule has 2 aliphatic rings. The van der Waals surface area contributed by atoms with Crippen LogP contribution in [0.5, 0.6) is 0 Å². The lowest BCUT2D eigenvalue weighted by atomic mass is 9.80. The Kier molecular flexibility index (Phi) is 3.17. The molecule has 2 saturated carbocycles. The lowest BCUT2D eigenvalue weighted by Gasteiger charge is -2.31. The van der Waals surface area contributed by atoms with Crippen LogP contribution in [0, 0.1) is 11.8 Å². The molecule has 0 aromatic rings. The van der Waals surface area contributed by atoms with Gasteiger partial charge >= 0.3 is 6.03 Å². The van der Waals surface area contributed by atoms with E-state index < -0.39 is 0 Å². The molecule has 3 heteroatoms. The van der Waals surface area contributed by atoms with Gasteiger partial charge in [-0.3, -0.25) is 0 Å². The van der Waals surface area contributed by atoms with E-state index in [4.69, 9.17) is 0 Å². The van der Waals surface area contributed by atoms with Crippen molar-refractivity contribution >= 4 is 6.03 Å². The largest absolute Gasteiger partial charge is 0.335 e. The fraction of sp³-hybridized carbons (Fsp3) is 0.917. The molecule has 0 aromatic heterocycles. The molecule has 2 amide bonds. The molecule has 86 valence electrons. The van der Waals surface area contributed by atoms with Gasteiger partial charge in [0.1, 0.15) is 0 Å². The molecular formula is C12H22N2O. The molecule has 0 bridgehead atoms. The third-order valence-electron chi connectivity index (χ3n) is 3.43. The maximum absolute atomic E-state index is 11.6. The summed E-state index contributed by atoms with van der Waals surface area (Å²) < 4.78 is 0. The zero-order valence-corrected chi connectivity index (χ0v) is 9.75. The Balaban J connectivity index is 1.74. The number of amides is 2. The average molecular weight is 210 g/mol. The standard InChI is InChI=1S/C12H22N2O/c1-8-5-9(2)7-11(6-8)14-12(15)13-10-3-4-10/h8-11H,3-7H2,1-2H3,(H2,13,14,15).